The van der Waals surface area contributed by atoms with Gasteiger partial charge < -0.3 is 5.32 Å². The lowest BCUT2D eigenvalue weighted by atomic mass is 10.2. The first kappa shape index (κ1) is 25.6. The standard InChI is InChI=1S/C20H25BrN4O3S3/c1-12-6-7-15(31(27,28)25(4)5)10-17(12)22-20(29)24-23-19(26)11-30-18-9-13(2)16(21)8-14(18)3/h6-10H,11H2,1-5H3,(H,23,26)(H2,22,24,29). The Balaban J connectivity index is 1.93. The Bertz CT molecular complexity index is 1110. The van der Waals surface area contributed by atoms with Gasteiger partial charge >= 0.3 is 0 Å². The van der Waals surface area contributed by atoms with E-state index in [1.54, 1.807) is 6.07 Å². The van der Waals surface area contributed by atoms with Gasteiger partial charge in [-0.2, -0.15) is 0 Å². The third-order valence-corrected chi connectivity index (χ3v) is 8.39. The number of nitrogens with one attached hydrogen (secondary N) is 3. The van der Waals surface area contributed by atoms with Gasteiger partial charge in [-0.1, -0.05) is 22.0 Å². The molecule has 11 heteroatoms. The maximum atomic E-state index is 12.3. The Morgan fingerprint density at radius 3 is 2.39 bits per heavy atom. The number of carbonyl (C=O) groups is 1. The van der Waals surface area contributed by atoms with Crippen molar-refractivity contribution in [1.29, 1.82) is 0 Å². The van der Waals surface area contributed by atoms with Crippen LogP contribution in [-0.4, -0.2) is 43.6 Å². The molecular weight excluding hydrogens is 520 g/mol. The molecule has 0 unspecified atom stereocenters. The molecule has 0 aliphatic rings. The first-order valence-corrected chi connectivity index (χ1v) is 12.8. The minimum atomic E-state index is -3.57. The number of halogens is 1. The lowest BCUT2D eigenvalue weighted by molar-refractivity contribution is -0.119. The first-order valence-electron chi connectivity index (χ1n) is 9.20. The Kier molecular flexibility index (Phi) is 8.90. The minimum Gasteiger partial charge on any atom is -0.331 e. The molecule has 7 nitrogen and oxygen atoms in total. The normalized spacial score (nSPS) is 11.3. The van der Waals surface area contributed by atoms with Crippen LogP contribution in [0.25, 0.3) is 0 Å². The molecule has 0 heterocycles. The van der Waals surface area contributed by atoms with Gasteiger partial charge in [0.1, 0.15) is 0 Å². The van der Waals surface area contributed by atoms with Crippen molar-refractivity contribution in [3.63, 3.8) is 0 Å². The fourth-order valence-electron chi connectivity index (χ4n) is 2.48. The van der Waals surface area contributed by atoms with E-state index in [2.05, 4.69) is 32.1 Å². The number of anilines is 1. The molecule has 1 amide bonds. The van der Waals surface area contributed by atoms with Gasteiger partial charge in [0, 0.05) is 29.2 Å². The molecule has 2 aromatic rings. The lowest BCUT2D eigenvalue weighted by Gasteiger charge is -2.16. The van der Waals surface area contributed by atoms with Gasteiger partial charge in [-0.3, -0.25) is 15.6 Å². The number of sulfonamides is 1. The average Bonchev–Trinajstić information content (AvgIpc) is 2.69. The molecule has 0 aliphatic heterocycles. The van der Waals surface area contributed by atoms with Crippen molar-refractivity contribution in [2.45, 2.75) is 30.6 Å². The van der Waals surface area contributed by atoms with Crippen molar-refractivity contribution in [2.24, 2.45) is 0 Å². The zero-order valence-corrected chi connectivity index (χ0v) is 21.9. The molecule has 31 heavy (non-hydrogen) atoms. The van der Waals surface area contributed by atoms with E-state index in [-0.39, 0.29) is 21.7 Å². The van der Waals surface area contributed by atoms with Gasteiger partial charge in [-0.25, -0.2) is 12.7 Å². The topological polar surface area (TPSA) is 90.5 Å². The maximum Gasteiger partial charge on any atom is 0.248 e. The van der Waals surface area contributed by atoms with E-state index in [0.29, 0.717) is 5.69 Å². The van der Waals surface area contributed by atoms with Crippen molar-refractivity contribution >= 4 is 66.6 Å². The van der Waals surface area contributed by atoms with E-state index in [9.17, 15) is 13.2 Å². The Morgan fingerprint density at radius 2 is 1.74 bits per heavy atom. The smallest absolute Gasteiger partial charge is 0.248 e. The van der Waals surface area contributed by atoms with Crippen LogP contribution in [0.2, 0.25) is 0 Å². The van der Waals surface area contributed by atoms with Gasteiger partial charge in [-0.15, -0.1) is 11.8 Å². The van der Waals surface area contributed by atoms with E-state index in [1.807, 2.05) is 32.9 Å². The van der Waals surface area contributed by atoms with E-state index < -0.39 is 10.0 Å². The summed E-state index contributed by atoms with van der Waals surface area (Å²) in [5, 5.41) is 3.07. The number of thioether (sulfide) groups is 1. The predicted molar refractivity (Wildman–Crippen MR) is 134 cm³/mol. The molecule has 0 fully saturated rings. The number of thiocarbonyl (C=S) groups is 1. The average molecular weight is 546 g/mol. The molecule has 2 aromatic carbocycles. The van der Waals surface area contributed by atoms with Crippen molar-refractivity contribution < 1.29 is 13.2 Å². The first-order chi connectivity index (χ1) is 14.4. The molecule has 3 N–H and O–H groups in total. The number of benzene rings is 2. The van der Waals surface area contributed by atoms with E-state index >= 15 is 0 Å². The lowest BCUT2D eigenvalue weighted by Crippen LogP contribution is -2.44. The van der Waals surface area contributed by atoms with E-state index in [1.165, 1.54) is 38.0 Å². The SMILES string of the molecule is Cc1cc(SCC(=O)NNC(=S)Nc2cc(S(=O)(=O)N(C)C)ccc2C)c(C)cc1Br. The second-order valence-corrected chi connectivity index (χ2v) is 11.5. The van der Waals surface area contributed by atoms with Gasteiger partial charge in [-0.05, 0) is 73.9 Å². The Morgan fingerprint density at radius 1 is 1.06 bits per heavy atom. The molecule has 2 rings (SSSR count). The largest absolute Gasteiger partial charge is 0.331 e. The van der Waals surface area contributed by atoms with Crippen molar-refractivity contribution in [2.75, 3.05) is 25.2 Å². The summed E-state index contributed by atoms with van der Waals surface area (Å²) in [4.78, 5) is 13.4. The van der Waals surface area contributed by atoms with Crippen molar-refractivity contribution in [1.82, 2.24) is 15.2 Å². The summed E-state index contributed by atoms with van der Waals surface area (Å²) < 4.78 is 26.9. The molecule has 0 atom stereocenters. The van der Waals surface area contributed by atoms with Crippen LogP contribution in [0.15, 0.2) is 44.6 Å². The molecular formula is C20H25BrN4O3S3. The molecule has 168 valence electrons. The number of hydrogen-bond acceptors (Lipinski definition) is 5. The molecule has 0 saturated carbocycles. The third-order valence-electron chi connectivity index (χ3n) is 4.37. The van der Waals surface area contributed by atoms with Crippen LogP contribution in [0.5, 0.6) is 0 Å². The molecule has 0 radical (unpaired) electrons. The van der Waals surface area contributed by atoms with Crippen LogP contribution in [0.3, 0.4) is 0 Å². The number of aryl methyl sites for hydroxylation is 3. The molecule has 0 spiro atoms. The molecule has 0 aromatic heterocycles. The van der Waals surface area contributed by atoms with E-state index in [4.69, 9.17) is 12.2 Å². The van der Waals surface area contributed by atoms with Crippen LogP contribution < -0.4 is 16.2 Å². The number of nitrogens with zero attached hydrogens (tertiary/aromatic N) is 1. The van der Waals surface area contributed by atoms with Crippen molar-refractivity contribution in [3.8, 4) is 0 Å². The van der Waals surface area contributed by atoms with Crippen LogP contribution in [0.1, 0.15) is 16.7 Å². The van der Waals surface area contributed by atoms with Crippen LogP contribution in [0.4, 0.5) is 5.69 Å². The number of carbonyl (C=O) groups excluding carboxylic acids is 1. The van der Waals surface area contributed by atoms with Gasteiger partial charge in [0.2, 0.25) is 15.9 Å². The maximum absolute atomic E-state index is 12.3. The summed E-state index contributed by atoms with van der Waals surface area (Å²) >= 11 is 10.2. The van der Waals surface area contributed by atoms with Gasteiger partial charge in [0.15, 0.2) is 5.11 Å². The number of hydrogen-bond donors (Lipinski definition) is 3. The predicted octanol–water partition coefficient (Wildman–Crippen LogP) is 3.73. The molecule has 0 aliphatic carbocycles. The highest BCUT2D eigenvalue weighted by atomic mass is 79.9. The zero-order valence-electron chi connectivity index (χ0n) is 17.9. The van der Waals surface area contributed by atoms with Crippen LogP contribution in [0, 0.1) is 20.8 Å². The van der Waals surface area contributed by atoms with E-state index in [0.717, 1.165) is 30.4 Å². The molecule has 0 saturated heterocycles. The number of hydrazine groups is 1. The summed E-state index contributed by atoms with van der Waals surface area (Å²) in [6.07, 6.45) is 0. The summed E-state index contributed by atoms with van der Waals surface area (Å²) in [5.74, 6) is -0.0256. The van der Waals surface area contributed by atoms with Gasteiger partial charge in [0.05, 0.1) is 10.6 Å². The third kappa shape index (κ3) is 6.91. The highest BCUT2D eigenvalue weighted by Crippen LogP contribution is 2.28. The number of rotatable bonds is 6. The highest BCUT2D eigenvalue weighted by Gasteiger charge is 2.18. The van der Waals surface area contributed by atoms with Crippen molar-refractivity contribution in [3.05, 3.63) is 51.5 Å². The molecule has 0 bridgehead atoms. The van der Waals surface area contributed by atoms with Gasteiger partial charge in [0.25, 0.3) is 0 Å². The summed E-state index contributed by atoms with van der Waals surface area (Å²) in [6.45, 7) is 5.82. The quantitative estimate of drug-likeness (QED) is 0.290. The zero-order chi connectivity index (χ0) is 23.3. The second kappa shape index (κ2) is 10.8. The highest BCUT2D eigenvalue weighted by molar-refractivity contribution is 9.10. The second-order valence-electron chi connectivity index (χ2n) is 7.05. The Hall–Kier alpha value is -1.66. The monoisotopic (exact) mass is 544 g/mol. The number of amides is 1. The Labute approximate surface area is 201 Å². The van der Waals surface area contributed by atoms with Crippen LogP contribution in [-0.2, 0) is 14.8 Å². The summed E-state index contributed by atoms with van der Waals surface area (Å²) in [6, 6.07) is 8.81. The summed E-state index contributed by atoms with van der Waals surface area (Å²) in [7, 11) is -0.624. The minimum absolute atomic E-state index is 0.147. The fourth-order valence-corrected chi connectivity index (χ4v) is 4.93. The fraction of sp³-hybridized carbons (Fsp3) is 0.300. The van der Waals surface area contributed by atoms with Crippen LogP contribution >= 0.6 is 39.9 Å². The summed E-state index contributed by atoms with van der Waals surface area (Å²) in [5.41, 5.74) is 8.73.